The summed E-state index contributed by atoms with van der Waals surface area (Å²) in [7, 11) is -3.53. The van der Waals surface area contributed by atoms with Crippen LogP contribution in [0.4, 0.5) is 0 Å². The topological polar surface area (TPSA) is 72.2 Å². The minimum Gasteiger partial charge on any atom is -0.326 e. The van der Waals surface area contributed by atoms with Gasteiger partial charge in [0.25, 0.3) is 0 Å². The smallest absolute Gasteiger partial charge is 0.242 e. The number of hydrogen-bond donors (Lipinski definition) is 2. The molecule has 0 amide bonds. The molecule has 0 saturated carbocycles. The van der Waals surface area contributed by atoms with E-state index < -0.39 is 10.0 Å². The number of nitrogens with one attached hydrogen (secondary N) is 1. The first-order chi connectivity index (χ1) is 8.94. The first-order valence-electron chi connectivity index (χ1n) is 5.14. The highest BCUT2D eigenvalue weighted by Crippen LogP contribution is 2.31. The van der Waals surface area contributed by atoms with Gasteiger partial charge in [-0.05, 0) is 49.4 Å². The molecule has 3 N–H and O–H groups in total. The second kappa shape index (κ2) is 6.33. The van der Waals surface area contributed by atoms with Gasteiger partial charge in [-0.1, -0.05) is 0 Å². The molecule has 0 aliphatic heterocycles. The Bertz CT molecular complexity index is 679. The van der Waals surface area contributed by atoms with Crippen molar-refractivity contribution < 1.29 is 8.42 Å². The summed E-state index contributed by atoms with van der Waals surface area (Å²) in [4.78, 5) is 2.00. The van der Waals surface area contributed by atoms with E-state index in [-0.39, 0.29) is 11.4 Å². The second-order valence-corrected chi connectivity index (χ2v) is 9.62. The normalized spacial score (nSPS) is 11.9. The number of halogens is 2. The summed E-state index contributed by atoms with van der Waals surface area (Å²) in [6.45, 7) is 0.593. The molecular formula is C10H10Br2N2O2S3. The molecule has 2 rings (SSSR count). The number of thiophene rings is 2. The Kier molecular flexibility index (Phi) is 5.21. The lowest BCUT2D eigenvalue weighted by atomic mass is 10.5. The maximum atomic E-state index is 12.2. The van der Waals surface area contributed by atoms with Crippen LogP contribution in [0.1, 0.15) is 9.75 Å². The first-order valence-corrected chi connectivity index (χ1v) is 9.90. The van der Waals surface area contributed by atoms with Crippen LogP contribution in [0.3, 0.4) is 0 Å². The zero-order valence-electron chi connectivity index (χ0n) is 9.52. The van der Waals surface area contributed by atoms with E-state index in [0.29, 0.717) is 10.3 Å². The van der Waals surface area contributed by atoms with E-state index >= 15 is 0 Å². The van der Waals surface area contributed by atoms with Gasteiger partial charge in [0.1, 0.15) is 4.90 Å². The molecule has 0 saturated heterocycles. The first kappa shape index (κ1) is 15.6. The number of sulfonamides is 1. The Morgan fingerprint density at radius 3 is 2.63 bits per heavy atom. The Morgan fingerprint density at radius 2 is 2.11 bits per heavy atom. The summed E-state index contributed by atoms with van der Waals surface area (Å²) in [5.41, 5.74) is 5.52. The molecule has 4 nitrogen and oxygen atoms in total. The fourth-order valence-electron chi connectivity index (χ4n) is 1.37. The molecule has 2 heterocycles. The molecule has 0 atom stereocenters. The van der Waals surface area contributed by atoms with Crippen LogP contribution in [0.2, 0.25) is 0 Å². The van der Waals surface area contributed by atoms with E-state index in [1.807, 2.05) is 11.4 Å². The van der Waals surface area contributed by atoms with Crippen LogP contribution in [0.5, 0.6) is 0 Å². The minimum atomic E-state index is -3.53. The summed E-state index contributed by atoms with van der Waals surface area (Å²) in [5, 5.41) is 1.90. The second-order valence-electron chi connectivity index (χ2n) is 3.57. The summed E-state index contributed by atoms with van der Waals surface area (Å²) in [6.07, 6.45) is 0. The van der Waals surface area contributed by atoms with Crippen LogP contribution in [-0.2, 0) is 23.1 Å². The SMILES string of the molecule is NCc1cc(S(=O)(=O)NCc2sccc2Br)c(Br)s1. The minimum absolute atomic E-state index is 0.241. The van der Waals surface area contributed by atoms with Crippen LogP contribution in [-0.4, -0.2) is 8.42 Å². The highest BCUT2D eigenvalue weighted by molar-refractivity contribution is 9.11. The van der Waals surface area contributed by atoms with Crippen molar-refractivity contribution in [1.29, 1.82) is 0 Å². The van der Waals surface area contributed by atoms with Gasteiger partial charge in [0.05, 0.1) is 3.79 Å². The van der Waals surface area contributed by atoms with E-state index in [1.165, 1.54) is 22.7 Å². The fraction of sp³-hybridized carbons (Fsp3) is 0.200. The highest BCUT2D eigenvalue weighted by Gasteiger charge is 2.20. The van der Waals surface area contributed by atoms with Crippen molar-refractivity contribution in [3.8, 4) is 0 Å². The van der Waals surface area contributed by atoms with Gasteiger partial charge in [-0.3, -0.25) is 0 Å². The van der Waals surface area contributed by atoms with Gasteiger partial charge in [0, 0.05) is 27.3 Å². The zero-order chi connectivity index (χ0) is 14.0. The third-order valence-electron chi connectivity index (χ3n) is 2.31. The van der Waals surface area contributed by atoms with Crippen molar-refractivity contribution in [2.45, 2.75) is 18.0 Å². The van der Waals surface area contributed by atoms with E-state index in [2.05, 4.69) is 36.6 Å². The van der Waals surface area contributed by atoms with E-state index in [0.717, 1.165) is 14.2 Å². The number of rotatable bonds is 5. The molecule has 19 heavy (non-hydrogen) atoms. The molecule has 2 aromatic heterocycles. The molecule has 0 aliphatic rings. The maximum absolute atomic E-state index is 12.2. The lowest BCUT2D eigenvalue weighted by Crippen LogP contribution is -2.22. The van der Waals surface area contributed by atoms with Gasteiger partial charge in [0.2, 0.25) is 10.0 Å². The summed E-state index contributed by atoms with van der Waals surface area (Å²) >= 11 is 9.47. The zero-order valence-corrected chi connectivity index (χ0v) is 15.1. The summed E-state index contributed by atoms with van der Waals surface area (Å²) < 4.78 is 28.5. The molecular weight excluding hydrogens is 436 g/mol. The molecule has 0 bridgehead atoms. The molecule has 0 spiro atoms. The van der Waals surface area contributed by atoms with Crippen LogP contribution in [0.15, 0.2) is 30.7 Å². The lowest BCUT2D eigenvalue weighted by Gasteiger charge is -2.04. The number of nitrogens with two attached hydrogens (primary N) is 1. The third kappa shape index (κ3) is 3.66. The van der Waals surface area contributed by atoms with Gasteiger partial charge in [0.15, 0.2) is 0 Å². The van der Waals surface area contributed by atoms with Gasteiger partial charge >= 0.3 is 0 Å². The maximum Gasteiger partial charge on any atom is 0.242 e. The summed E-state index contributed by atoms with van der Waals surface area (Å²) in [5.74, 6) is 0. The van der Waals surface area contributed by atoms with Gasteiger partial charge < -0.3 is 5.73 Å². The highest BCUT2D eigenvalue weighted by atomic mass is 79.9. The Balaban J connectivity index is 2.18. The molecule has 2 aromatic rings. The predicted molar refractivity (Wildman–Crippen MR) is 86.0 cm³/mol. The van der Waals surface area contributed by atoms with E-state index in [9.17, 15) is 8.42 Å². The lowest BCUT2D eigenvalue weighted by molar-refractivity contribution is 0.581. The molecule has 0 fully saturated rings. The largest absolute Gasteiger partial charge is 0.326 e. The summed E-state index contributed by atoms with van der Waals surface area (Å²) in [6, 6.07) is 3.49. The van der Waals surface area contributed by atoms with Gasteiger partial charge in [-0.2, -0.15) is 0 Å². The molecule has 0 radical (unpaired) electrons. The Morgan fingerprint density at radius 1 is 1.37 bits per heavy atom. The van der Waals surface area contributed by atoms with E-state index in [4.69, 9.17) is 5.73 Å². The Labute approximate surface area is 136 Å². The van der Waals surface area contributed by atoms with Crippen molar-refractivity contribution in [2.24, 2.45) is 5.73 Å². The van der Waals surface area contributed by atoms with Crippen molar-refractivity contribution in [1.82, 2.24) is 4.72 Å². The molecule has 0 aromatic carbocycles. The molecule has 9 heteroatoms. The van der Waals surface area contributed by atoms with E-state index in [1.54, 1.807) is 6.07 Å². The number of hydrogen-bond acceptors (Lipinski definition) is 5. The van der Waals surface area contributed by atoms with Crippen LogP contribution in [0, 0.1) is 0 Å². The monoisotopic (exact) mass is 444 g/mol. The molecule has 104 valence electrons. The van der Waals surface area contributed by atoms with Gasteiger partial charge in [-0.25, -0.2) is 13.1 Å². The van der Waals surface area contributed by atoms with Gasteiger partial charge in [-0.15, -0.1) is 22.7 Å². The molecule has 0 unspecified atom stereocenters. The fourth-order valence-corrected chi connectivity index (χ4v) is 6.45. The average Bonchev–Trinajstić information content (AvgIpc) is 2.93. The van der Waals surface area contributed by atoms with Crippen molar-refractivity contribution in [3.05, 3.63) is 35.5 Å². The van der Waals surface area contributed by atoms with Crippen LogP contribution in [0.25, 0.3) is 0 Å². The quantitative estimate of drug-likeness (QED) is 0.741. The standard InChI is InChI=1S/C10H10Br2N2O2S3/c11-7-1-2-17-8(7)5-14-19(15,16)9-3-6(4-13)18-10(9)12/h1-3,14H,4-5,13H2. The third-order valence-corrected chi connectivity index (χ3v) is 7.91. The predicted octanol–water partition coefficient (Wildman–Crippen LogP) is 3.27. The van der Waals surface area contributed by atoms with Crippen molar-refractivity contribution in [2.75, 3.05) is 0 Å². The van der Waals surface area contributed by atoms with Crippen LogP contribution < -0.4 is 10.5 Å². The average molecular weight is 446 g/mol. The van der Waals surface area contributed by atoms with Crippen molar-refractivity contribution >= 4 is 64.6 Å². The molecule has 0 aliphatic carbocycles. The van der Waals surface area contributed by atoms with Crippen LogP contribution >= 0.6 is 54.5 Å². The Hall–Kier alpha value is 0.230. The van der Waals surface area contributed by atoms with Crippen molar-refractivity contribution in [3.63, 3.8) is 0 Å².